The molecule has 154 valence electrons. The number of rotatable bonds is 9. The quantitative estimate of drug-likeness (QED) is 0.501. The van der Waals surface area contributed by atoms with Crippen molar-refractivity contribution in [3.63, 3.8) is 0 Å². The van der Waals surface area contributed by atoms with Crippen LogP contribution in [0.15, 0.2) is 24.3 Å². The van der Waals surface area contributed by atoms with Crippen LogP contribution in [0.25, 0.3) is 0 Å². The van der Waals surface area contributed by atoms with Crippen LogP contribution in [-0.2, 0) is 15.1 Å². The SMILES string of the molecule is CCCCC[C@H](C)NC(=O)CN1C(=O)N[C@@](C)(c2ccc(C(C)C)cc2)C1=O. The van der Waals surface area contributed by atoms with Gasteiger partial charge in [-0.15, -0.1) is 0 Å². The number of carbonyl (C=O) groups excluding carboxylic acids is 3. The zero-order chi connectivity index (χ0) is 20.9. The third kappa shape index (κ3) is 4.91. The monoisotopic (exact) mass is 387 g/mol. The van der Waals surface area contributed by atoms with Crippen molar-refractivity contribution in [2.75, 3.05) is 6.54 Å². The van der Waals surface area contributed by atoms with E-state index in [1.54, 1.807) is 6.92 Å². The molecule has 0 radical (unpaired) electrons. The predicted octanol–water partition coefficient (Wildman–Crippen LogP) is 3.66. The number of unbranched alkanes of at least 4 members (excludes halogenated alkanes) is 2. The summed E-state index contributed by atoms with van der Waals surface area (Å²) in [4.78, 5) is 38.7. The second-order valence-electron chi connectivity index (χ2n) is 8.19. The number of benzene rings is 1. The fourth-order valence-electron chi connectivity index (χ4n) is 3.47. The first-order chi connectivity index (χ1) is 13.2. The van der Waals surface area contributed by atoms with Gasteiger partial charge in [-0.2, -0.15) is 0 Å². The van der Waals surface area contributed by atoms with Gasteiger partial charge in [0.2, 0.25) is 5.91 Å². The van der Waals surface area contributed by atoms with Gasteiger partial charge < -0.3 is 10.6 Å². The van der Waals surface area contributed by atoms with Crippen LogP contribution in [0.4, 0.5) is 4.79 Å². The molecule has 0 spiro atoms. The van der Waals surface area contributed by atoms with Crippen molar-refractivity contribution in [3.05, 3.63) is 35.4 Å². The Morgan fingerprint density at radius 2 is 1.79 bits per heavy atom. The second-order valence-corrected chi connectivity index (χ2v) is 8.19. The Hall–Kier alpha value is -2.37. The lowest BCUT2D eigenvalue weighted by Crippen LogP contribution is -2.45. The number of urea groups is 1. The maximum atomic E-state index is 13.0. The van der Waals surface area contributed by atoms with Gasteiger partial charge in [-0.1, -0.05) is 64.3 Å². The van der Waals surface area contributed by atoms with E-state index in [1.165, 1.54) is 0 Å². The van der Waals surface area contributed by atoms with Crippen LogP contribution in [0.1, 0.15) is 77.3 Å². The number of hydrogen-bond acceptors (Lipinski definition) is 3. The van der Waals surface area contributed by atoms with Gasteiger partial charge in [-0.3, -0.25) is 14.5 Å². The van der Waals surface area contributed by atoms with E-state index in [4.69, 9.17) is 0 Å². The third-order valence-corrected chi connectivity index (χ3v) is 5.38. The second kappa shape index (κ2) is 9.22. The van der Waals surface area contributed by atoms with E-state index < -0.39 is 17.5 Å². The first kappa shape index (κ1) is 21.9. The maximum Gasteiger partial charge on any atom is 0.325 e. The molecule has 6 nitrogen and oxygen atoms in total. The molecule has 1 aromatic carbocycles. The van der Waals surface area contributed by atoms with Crippen LogP contribution in [0.2, 0.25) is 0 Å². The van der Waals surface area contributed by atoms with Gasteiger partial charge >= 0.3 is 6.03 Å². The normalized spacial score (nSPS) is 20.4. The fraction of sp³-hybridized carbons (Fsp3) is 0.591. The van der Waals surface area contributed by atoms with Gasteiger partial charge in [0, 0.05) is 6.04 Å². The summed E-state index contributed by atoms with van der Waals surface area (Å²) in [7, 11) is 0. The molecule has 1 saturated heterocycles. The van der Waals surface area contributed by atoms with Crippen molar-refractivity contribution < 1.29 is 14.4 Å². The van der Waals surface area contributed by atoms with Crippen molar-refractivity contribution in [3.8, 4) is 0 Å². The molecule has 0 aromatic heterocycles. The Labute approximate surface area is 168 Å². The number of nitrogens with zero attached hydrogens (tertiary/aromatic N) is 1. The van der Waals surface area contributed by atoms with E-state index >= 15 is 0 Å². The Kier molecular flexibility index (Phi) is 7.22. The highest BCUT2D eigenvalue weighted by Crippen LogP contribution is 2.29. The molecule has 0 bridgehead atoms. The molecule has 1 aromatic rings. The van der Waals surface area contributed by atoms with Gasteiger partial charge in [-0.05, 0) is 37.3 Å². The largest absolute Gasteiger partial charge is 0.352 e. The van der Waals surface area contributed by atoms with Crippen molar-refractivity contribution in [1.82, 2.24) is 15.5 Å². The number of hydrogen-bond donors (Lipinski definition) is 2. The summed E-state index contributed by atoms with van der Waals surface area (Å²) in [5.41, 5.74) is 0.725. The smallest absolute Gasteiger partial charge is 0.325 e. The summed E-state index contributed by atoms with van der Waals surface area (Å²) in [6.45, 7) is 9.70. The maximum absolute atomic E-state index is 13.0. The first-order valence-electron chi connectivity index (χ1n) is 10.2. The highest BCUT2D eigenvalue weighted by molar-refractivity contribution is 6.09. The Balaban J connectivity index is 2.03. The Bertz CT molecular complexity index is 714. The minimum Gasteiger partial charge on any atom is -0.352 e. The van der Waals surface area contributed by atoms with Crippen LogP contribution in [-0.4, -0.2) is 35.3 Å². The highest BCUT2D eigenvalue weighted by atomic mass is 16.2. The molecule has 28 heavy (non-hydrogen) atoms. The summed E-state index contributed by atoms with van der Waals surface area (Å²) in [6.07, 6.45) is 4.19. The standard InChI is InChI=1S/C22H33N3O3/c1-6-7-8-9-16(4)23-19(26)14-25-20(27)22(5,24-21(25)28)18-12-10-17(11-13-18)15(2)3/h10-13,15-16H,6-9,14H2,1-5H3,(H,23,26)(H,24,28)/t16-,22-/m0/s1. The lowest BCUT2D eigenvalue weighted by atomic mass is 9.90. The van der Waals surface area contributed by atoms with E-state index in [0.717, 1.165) is 36.1 Å². The number of imide groups is 1. The summed E-state index contributed by atoms with van der Waals surface area (Å²) >= 11 is 0. The molecule has 1 aliphatic heterocycles. The molecule has 0 unspecified atom stereocenters. The molecule has 1 heterocycles. The molecule has 2 N–H and O–H groups in total. The number of nitrogens with one attached hydrogen (secondary N) is 2. The van der Waals surface area contributed by atoms with Crippen LogP contribution in [0, 0.1) is 0 Å². The van der Waals surface area contributed by atoms with Crippen molar-refractivity contribution in [2.45, 2.75) is 77.8 Å². The van der Waals surface area contributed by atoms with E-state index in [9.17, 15) is 14.4 Å². The minimum absolute atomic E-state index is 0.0229. The first-order valence-corrected chi connectivity index (χ1v) is 10.2. The zero-order valence-corrected chi connectivity index (χ0v) is 17.7. The van der Waals surface area contributed by atoms with Crippen molar-refractivity contribution in [2.24, 2.45) is 0 Å². The van der Waals surface area contributed by atoms with Crippen molar-refractivity contribution in [1.29, 1.82) is 0 Å². The molecule has 4 amide bonds. The third-order valence-electron chi connectivity index (χ3n) is 5.38. The fourth-order valence-corrected chi connectivity index (χ4v) is 3.47. The van der Waals surface area contributed by atoms with Crippen LogP contribution >= 0.6 is 0 Å². The molecule has 6 heteroatoms. The lowest BCUT2D eigenvalue weighted by molar-refractivity contribution is -0.135. The molecular weight excluding hydrogens is 354 g/mol. The van der Waals surface area contributed by atoms with Gasteiger partial charge in [-0.25, -0.2) is 4.79 Å². The van der Waals surface area contributed by atoms with E-state index in [-0.39, 0.29) is 18.5 Å². The van der Waals surface area contributed by atoms with E-state index in [0.29, 0.717) is 11.5 Å². The average molecular weight is 388 g/mol. The molecule has 1 fully saturated rings. The number of amides is 4. The molecule has 2 atom stereocenters. The van der Waals surface area contributed by atoms with Crippen LogP contribution in [0.5, 0.6) is 0 Å². The van der Waals surface area contributed by atoms with Crippen molar-refractivity contribution >= 4 is 17.8 Å². The molecule has 1 aliphatic rings. The van der Waals surface area contributed by atoms with Gasteiger partial charge in [0.1, 0.15) is 12.1 Å². The van der Waals surface area contributed by atoms with Gasteiger partial charge in [0.25, 0.3) is 5.91 Å². The van der Waals surface area contributed by atoms with Gasteiger partial charge in [0.15, 0.2) is 0 Å². The molecule has 0 aliphatic carbocycles. The summed E-state index contributed by atoms with van der Waals surface area (Å²) in [5.74, 6) is -0.328. The summed E-state index contributed by atoms with van der Waals surface area (Å²) in [5, 5.41) is 5.63. The summed E-state index contributed by atoms with van der Waals surface area (Å²) < 4.78 is 0. The Morgan fingerprint density at radius 3 is 2.36 bits per heavy atom. The summed E-state index contributed by atoms with van der Waals surface area (Å²) in [6, 6.07) is 7.17. The lowest BCUT2D eigenvalue weighted by Gasteiger charge is -2.23. The van der Waals surface area contributed by atoms with Gasteiger partial charge in [0.05, 0.1) is 0 Å². The highest BCUT2D eigenvalue weighted by Gasteiger charge is 2.49. The van der Waals surface area contributed by atoms with E-state index in [1.807, 2.05) is 31.2 Å². The Morgan fingerprint density at radius 1 is 1.14 bits per heavy atom. The zero-order valence-electron chi connectivity index (χ0n) is 17.7. The minimum atomic E-state index is -1.15. The molecule has 2 rings (SSSR count). The average Bonchev–Trinajstić information content (AvgIpc) is 2.86. The molecular formula is C22H33N3O3. The predicted molar refractivity (Wildman–Crippen MR) is 110 cm³/mol. The van der Waals surface area contributed by atoms with E-state index in [2.05, 4.69) is 31.4 Å². The van der Waals surface area contributed by atoms with Crippen LogP contribution in [0.3, 0.4) is 0 Å². The topological polar surface area (TPSA) is 78.5 Å². The number of carbonyl (C=O) groups is 3. The van der Waals surface area contributed by atoms with Crippen LogP contribution < -0.4 is 10.6 Å². The molecule has 0 saturated carbocycles.